The topological polar surface area (TPSA) is 73.4 Å². The van der Waals surface area contributed by atoms with Crippen LogP contribution in [0.4, 0.5) is 0 Å². The second kappa shape index (κ2) is 6.60. The first-order valence-corrected chi connectivity index (χ1v) is 9.64. The molecule has 7 nitrogen and oxygen atoms in total. The number of ether oxygens (including phenoxy) is 1. The molecule has 1 saturated heterocycles. The maximum atomic E-state index is 12.7. The summed E-state index contributed by atoms with van der Waals surface area (Å²) in [7, 11) is 0. The van der Waals surface area contributed by atoms with Crippen LogP contribution >= 0.6 is 0 Å². The van der Waals surface area contributed by atoms with Crippen LogP contribution in [0.1, 0.15) is 40.3 Å². The maximum absolute atomic E-state index is 12.7. The summed E-state index contributed by atoms with van der Waals surface area (Å²) >= 11 is 0. The van der Waals surface area contributed by atoms with Crippen LogP contribution < -0.4 is 0 Å². The van der Waals surface area contributed by atoms with Crippen LogP contribution in [0.5, 0.6) is 0 Å². The number of hydrogen-bond acceptors (Lipinski definition) is 5. The first-order chi connectivity index (χ1) is 13.7. The zero-order chi connectivity index (χ0) is 19.1. The first kappa shape index (κ1) is 17.2. The smallest absolute Gasteiger partial charge is 0.291 e. The molecular weight excluding hydrogens is 356 g/mol. The molecule has 1 spiro atoms. The number of carbonyl (C=O) groups is 1. The molecule has 2 aliphatic heterocycles. The second-order valence-corrected chi connectivity index (χ2v) is 7.43. The highest BCUT2D eigenvalue weighted by Gasteiger charge is 2.44. The van der Waals surface area contributed by atoms with E-state index < -0.39 is 5.60 Å². The quantitative estimate of drug-likeness (QED) is 0.686. The minimum absolute atomic E-state index is 0.101. The number of benzene rings is 1. The number of hydrogen-bond donors (Lipinski definition) is 0. The van der Waals surface area contributed by atoms with Gasteiger partial charge in [0.05, 0.1) is 23.7 Å². The SMILES string of the molecule is Cc1ncoc1C(=O)N1CCC2(CC1)OCCc1cn(-c3ccccc3)nc12. The van der Waals surface area contributed by atoms with E-state index in [0.717, 1.165) is 30.6 Å². The molecule has 1 fully saturated rings. The third kappa shape index (κ3) is 2.74. The number of carbonyl (C=O) groups excluding carboxylic acids is 1. The van der Waals surface area contributed by atoms with Crippen molar-refractivity contribution in [3.63, 3.8) is 0 Å². The molecule has 3 aromatic rings. The lowest BCUT2D eigenvalue weighted by atomic mass is 9.83. The second-order valence-electron chi connectivity index (χ2n) is 7.43. The minimum Gasteiger partial charge on any atom is -0.438 e. The highest BCUT2D eigenvalue weighted by atomic mass is 16.5. The largest absolute Gasteiger partial charge is 0.438 e. The van der Waals surface area contributed by atoms with E-state index in [-0.39, 0.29) is 5.91 Å². The summed E-state index contributed by atoms with van der Waals surface area (Å²) in [6.07, 6.45) is 5.75. The van der Waals surface area contributed by atoms with Gasteiger partial charge in [0.25, 0.3) is 5.91 Å². The Hall–Kier alpha value is -2.93. The summed E-state index contributed by atoms with van der Waals surface area (Å²) in [6, 6.07) is 10.1. The van der Waals surface area contributed by atoms with Crippen molar-refractivity contribution in [2.75, 3.05) is 19.7 Å². The molecule has 28 heavy (non-hydrogen) atoms. The summed E-state index contributed by atoms with van der Waals surface area (Å²) in [5.41, 5.74) is 3.51. The summed E-state index contributed by atoms with van der Waals surface area (Å²) < 4.78 is 13.5. The molecule has 4 heterocycles. The van der Waals surface area contributed by atoms with E-state index in [1.54, 1.807) is 6.92 Å². The number of amides is 1. The van der Waals surface area contributed by atoms with Crippen LogP contribution in [-0.2, 0) is 16.8 Å². The number of oxazole rings is 1. The monoisotopic (exact) mass is 378 g/mol. The Kier molecular flexibility index (Phi) is 4.05. The standard InChI is InChI=1S/C21H22N4O3/c1-15-18(27-14-22-15)20(26)24-10-8-21(9-11-24)19-16(7-12-28-21)13-25(23-19)17-5-3-2-4-6-17/h2-6,13-14H,7-12H2,1H3. The van der Waals surface area contributed by atoms with E-state index in [1.165, 1.54) is 12.0 Å². The fourth-order valence-electron chi connectivity index (χ4n) is 4.22. The normalized spacial score (nSPS) is 18.2. The molecule has 1 aromatic carbocycles. The average molecular weight is 378 g/mol. The van der Waals surface area contributed by atoms with Crippen molar-refractivity contribution in [3.8, 4) is 5.69 Å². The van der Waals surface area contributed by atoms with Crippen molar-refractivity contribution in [1.29, 1.82) is 0 Å². The molecule has 0 saturated carbocycles. The van der Waals surface area contributed by atoms with Crippen LogP contribution in [0.15, 0.2) is 47.3 Å². The number of piperidine rings is 1. The lowest BCUT2D eigenvalue weighted by molar-refractivity contribution is -0.0965. The van der Waals surface area contributed by atoms with Crippen molar-refractivity contribution in [2.24, 2.45) is 0 Å². The Morgan fingerprint density at radius 3 is 2.68 bits per heavy atom. The summed E-state index contributed by atoms with van der Waals surface area (Å²) in [5.74, 6) is 0.227. The number of aromatic nitrogens is 3. The Morgan fingerprint density at radius 1 is 1.18 bits per heavy atom. The van der Waals surface area contributed by atoms with Gasteiger partial charge < -0.3 is 14.1 Å². The van der Waals surface area contributed by atoms with Gasteiger partial charge in [0, 0.05) is 19.3 Å². The van der Waals surface area contributed by atoms with E-state index in [0.29, 0.717) is 31.2 Å². The lowest BCUT2D eigenvalue weighted by Crippen LogP contribution is -2.48. The van der Waals surface area contributed by atoms with Gasteiger partial charge >= 0.3 is 0 Å². The predicted molar refractivity (Wildman–Crippen MR) is 101 cm³/mol. The number of aryl methyl sites for hydroxylation is 1. The number of fused-ring (bicyclic) bond motifs is 2. The maximum Gasteiger partial charge on any atom is 0.291 e. The Labute approximate surface area is 162 Å². The Morgan fingerprint density at radius 2 is 1.96 bits per heavy atom. The molecule has 5 rings (SSSR count). The fourth-order valence-corrected chi connectivity index (χ4v) is 4.22. The highest BCUT2D eigenvalue weighted by molar-refractivity contribution is 5.92. The molecule has 1 amide bonds. The Bertz CT molecular complexity index is 1000. The number of para-hydroxylation sites is 1. The molecule has 144 valence electrons. The van der Waals surface area contributed by atoms with Crippen LogP contribution in [0, 0.1) is 6.92 Å². The highest BCUT2D eigenvalue weighted by Crippen LogP contribution is 2.41. The van der Waals surface area contributed by atoms with Gasteiger partial charge in [-0.3, -0.25) is 4.79 Å². The number of likely N-dealkylation sites (tertiary alicyclic amines) is 1. The molecule has 0 radical (unpaired) electrons. The van der Waals surface area contributed by atoms with Gasteiger partial charge in [0.2, 0.25) is 5.76 Å². The van der Waals surface area contributed by atoms with E-state index in [1.807, 2.05) is 39.9 Å². The molecule has 2 aromatic heterocycles. The first-order valence-electron chi connectivity index (χ1n) is 9.64. The van der Waals surface area contributed by atoms with E-state index >= 15 is 0 Å². The zero-order valence-electron chi connectivity index (χ0n) is 15.8. The molecule has 0 N–H and O–H groups in total. The van der Waals surface area contributed by atoms with Crippen molar-refractivity contribution in [2.45, 2.75) is 31.8 Å². The average Bonchev–Trinajstić information content (AvgIpc) is 3.36. The van der Waals surface area contributed by atoms with Crippen molar-refractivity contribution >= 4 is 5.91 Å². The van der Waals surface area contributed by atoms with Gasteiger partial charge in [0.1, 0.15) is 5.60 Å². The third-order valence-electron chi connectivity index (χ3n) is 5.79. The lowest BCUT2D eigenvalue weighted by Gasteiger charge is -2.42. The van der Waals surface area contributed by atoms with Gasteiger partial charge in [0.15, 0.2) is 6.39 Å². The van der Waals surface area contributed by atoms with Crippen molar-refractivity contribution < 1.29 is 13.9 Å². The molecule has 7 heteroatoms. The molecular formula is C21H22N4O3. The fraction of sp³-hybridized carbons (Fsp3) is 0.381. The minimum atomic E-state index is -0.416. The van der Waals surface area contributed by atoms with Crippen LogP contribution in [0.25, 0.3) is 5.69 Å². The third-order valence-corrected chi connectivity index (χ3v) is 5.79. The van der Waals surface area contributed by atoms with Gasteiger partial charge in [-0.15, -0.1) is 0 Å². The van der Waals surface area contributed by atoms with E-state index in [2.05, 4.69) is 11.2 Å². The van der Waals surface area contributed by atoms with Gasteiger partial charge in [-0.25, -0.2) is 9.67 Å². The molecule has 0 aliphatic carbocycles. The van der Waals surface area contributed by atoms with E-state index in [4.69, 9.17) is 14.3 Å². The molecule has 2 aliphatic rings. The van der Waals surface area contributed by atoms with Gasteiger partial charge in [-0.1, -0.05) is 18.2 Å². The predicted octanol–water partition coefficient (Wildman–Crippen LogP) is 2.87. The molecule has 0 unspecified atom stereocenters. The zero-order valence-corrected chi connectivity index (χ0v) is 15.8. The van der Waals surface area contributed by atoms with Crippen LogP contribution in [0.2, 0.25) is 0 Å². The van der Waals surface area contributed by atoms with Crippen molar-refractivity contribution in [3.05, 3.63) is 65.6 Å². The van der Waals surface area contributed by atoms with Crippen LogP contribution in [-0.4, -0.2) is 45.3 Å². The summed E-state index contributed by atoms with van der Waals surface area (Å²) in [4.78, 5) is 18.6. The van der Waals surface area contributed by atoms with E-state index in [9.17, 15) is 4.79 Å². The Balaban J connectivity index is 1.39. The van der Waals surface area contributed by atoms with Gasteiger partial charge in [-0.2, -0.15) is 5.10 Å². The van der Waals surface area contributed by atoms with Crippen LogP contribution in [0.3, 0.4) is 0 Å². The molecule has 0 atom stereocenters. The number of rotatable bonds is 2. The van der Waals surface area contributed by atoms with Crippen molar-refractivity contribution in [1.82, 2.24) is 19.7 Å². The van der Waals surface area contributed by atoms with Gasteiger partial charge in [-0.05, 0) is 43.9 Å². The molecule has 0 bridgehead atoms. The summed E-state index contributed by atoms with van der Waals surface area (Å²) in [6.45, 7) is 3.69. The number of nitrogens with zero attached hydrogens (tertiary/aromatic N) is 4. The summed E-state index contributed by atoms with van der Waals surface area (Å²) in [5, 5.41) is 4.89.